The molecule has 7 heteroatoms. The number of methoxy groups -OCH3 is 1. The van der Waals surface area contributed by atoms with Crippen LogP contribution < -0.4 is 9.88 Å². The molecule has 1 amide bonds. The van der Waals surface area contributed by atoms with Gasteiger partial charge in [-0.05, 0) is 24.6 Å². The standard InChI is InChI=1S/C13H20N2O4S/c1-4-5-8-15(2)13(16)11-9-10(20(14,17)18)6-7-12(11)19-3/h6-7,9H,4-5,8H2,1-3H3,(H2,14,17,18). The first-order valence-electron chi connectivity index (χ1n) is 6.27. The van der Waals surface area contributed by atoms with Gasteiger partial charge < -0.3 is 9.64 Å². The van der Waals surface area contributed by atoms with Crippen LogP contribution >= 0.6 is 0 Å². The van der Waals surface area contributed by atoms with Crippen molar-refractivity contribution in [2.24, 2.45) is 5.14 Å². The van der Waals surface area contributed by atoms with Crippen molar-refractivity contribution in [3.8, 4) is 5.75 Å². The van der Waals surface area contributed by atoms with Gasteiger partial charge in [0.05, 0.1) is 17.6 Å². The lowest BCUT2D eigenvalue weighted by atomic mass is 10.1. The third-order valence-electron chi connectivity index (χ3n) is 2.92. The van der Waals surface area contributed by atoms with E-state index in [4.69, 9.17) is 9.88 Å². The smallest absolute Gasteiger partial charge is 0.257 e. The monoisotopic (exact) mass is 300 g/mol. The van der Waals surface area contributed by atoms with Crippen LogP contribution in [0.25, 0.3) is 0 Å². The number of nitrogens with zero attached hydrogens (tertiary/aromatic N) is 1. The molecule has 0 bridgehead atoms. The Bertz CT molecular complexity index is 584. The Morgan fingerprint density at radius 3 is 2.55 bits per heavy atom. The van der Waals surface area contributed by atoms with E-state index in [1.807, 2.05) is 6.92 Å². The van der Waals surface area contributed by atoms with Crippen molar-refractivity contribution in [1.82, 2.24) is 4.90 Å². The van der Waals surface area contributed by atoms with Crippen molar-refractivity contribution in [3.05, 3.63) is 23.8 Å². The molecule has 0 unspecified atom stereocenters. The number of ether oxygens (including phenoxy) is 1. The highest BCUT2D eigenvalue weighted by molar-refractivity contribution is 7.89. The zero-order valence-corrected chi connectivity index (χ0v) is 12.7. The number of carbonyl (C=O) groups is 1. The van der Waals surface area contributed by atoms with Gasteiger partial charge in [0.25, 0.3) is 5.91 Å². The molecular formula is C13H20N2O4S. The van der Waals surface area contributed by atoms with Crippen LogP contribution in [0.5, 0.6) is 5.75 Å². The Morgan fingerprint density at radius 2 is 2.05 bits per heavy atom. The molecule has 20 heavy (non-hydrogen) atoms. The second kappa shape index (κ2) is 6.71. The number of hydrogen-bond acceptors (Lipinski definition) is 4. The lowest BCUT2D eigenvalue weighted by Gasteiger charge is -2.18. The molecule has 0 heterocycles. The molecule has 0 saturated carbocycles. The number of unbranched alkanes of at least 4 members (excludes halogenated alkanes) is 1. The average Bonchev–Trinajstić information content (AvgIpc) is 2.42. The molecule has 1 aromatic rings. The number of rotatable bonds is 6. The minimum absolute atomic E-state index is 0.106. The van der Waals surface area contributed by atoms with Gasteiger partial charge >= 0.3 is 0 Å². The highest BCUT2D eigenvalue weighted by Crippen LogP contribution is 2.23. The number of amides is 1. The van der Waals surface area contributed by atoms with Crippen LogP contribution in [0, 0.1) is 0 Å². The topological polar surface area (TPSA) is 89.7 Å². The number of benzene rings is 1. The molecule has 2 N–H and O–H groups in total. The van der Waals surface area contributed by atoms with Gasteiger partial charge in [-0.15, -0.1) is 0 Å². The third kappa shape index (κ3) is 3.94. The van der Waals surface area contributed by atoms with Crippen molar-refractivity contribution in [1.29, 1.82) is 0 Å². The van der Waals surface area contributed by atoms with E-state index in [1.54, 1.807) is 7.05 Å². The van der Waals surface area contributed by atoms with Gasteiger partial charge in [0.15, 0.2) is 0 Å². The molecule has 0 aromatic heterocycles. The molecule has 112 valence electrons. The summed E-state index contributed by atoms with van der Waals surface area (Å²) in [6, 6.07) is 4.00. The minimum Gasteiger partial charge on any atom is -0.496 e. The van der Waals surface area contributed by atoms with Crippen LogP contribution in [0.15, 0.2) is 23.1 Å². The highest BCUT2D eigenvalue weighted by atomic mass is 32.2. The van der Waals surface area contributed by atoms with Gasteiger partial charge in [0.1, 0.15) is 5.75 Å². The SMILES string of the molecule is CCCCN(C)C(=O)c1cc(S(N)(=O)=O)ccc1OC. The van der Waals surface area contributed by atoms with Crippen molar-refractivity contribution >= 4 is 15.9 Å². The second-order valence-corrected chi connectivity index (χ2v) is 6.05. The van der Waals surface area contributed by atoms with E-state index in [0.29, 0.717) is 12.3 Å². The predicted molar refractivity (Wildman–Crippen MR) is 76.2 cm³/mol. The summed E-state index contributed by atoms with van der Waals surface area (Å²) in [4.78, 5) is 13.7. The van der Waals surface area contributed by atoms with Gasteiger partial charge in [-0.1, -0.05) is 13.3 Å². The second-order valence-electron chi connectivity index (χ2n) is 4.49. The van der Waals surface area contributed by atoms with Gasteiger partial charge in [-0.2, -0.15) is 0 Å². The van der Waals surface area contributed by atoms with Gasteiger partial charge in [0, 0.05) is 13.6 Å². The van der Waals surface area contributed by atoms with Gasteiger partial charge in [-0.3, -0.25) is 4.79 Å². The summed E-state index contributed by atoms with van der Waals surface area (Å²) >= 11 is 0. The first kappa shape index (κ1) is 16.5. The molecule has 6 nitrogen and oxygen atoms in total. The molecule has 0 spiro atoms. The maximum Gasteiger partial charge on any atom is 0.257 e. The van der Waals surface area contributed by atoms with Crippen LogP contribution in [0.2, 0.25) is 0 Å². The Kier molecular flexibility index (Phi) is 5.52. The molecule has 0 fully saturated rings. The summed E-state index contributed by atoms with van der Waals surface area (Å²) in [5.41, 5.74) is 0.192. The van der Waals surface area contributed by atoms with Crippen LogP contribution in [-0.2, 0) is 10.0 Å². The molecule has 0 radical (unpaired) electrons. The summed E-state index contributed by atoms with van der Waals surface area (Å²) in [5, 5.41) is 5.08. The molecule has 0 aliphatic heterocycles. The Morgan fingerprint density at radius 1 is 1.40 bits per heavy atom. The van der Waals surface area contributed by atoms with Crippen LogP contribution in [0.4, 0.5) is 0 Å². The maximum absolute atomic E-state index is 12.3. The van der Waals surface area contributed by atoms with Gasteiger partial charge in [-0.25, -0.2) is 13.6 Å². The van der Waals surface area contributed by atoms with Crippen LogP contribution in [-0.4, -0.2) is 39.9 Å². The number of nitrogens with two attached hydrogens (primary N) is 1. The van der Waals surface area contributed by atoms with Crippen molar-refractivity contribution in [2.45, 2.75) is 24.7 Å². The Labute approximate surface area is 119 Å². The van der Waals surface area contributed by atoms with E-state index in [2.05, 4.69) is 0 Å². The number of hydrogen-bond donors (Lipinski definition) is 1. The summed E-state index contributed by atoms with van der Waals surface area (Å²) in [5.74, 6) is 0.0338. The summed E-state index contributed by atoms with van der Waals surface area (Å²) < 4.78 is 27.8. The van der Waals surface area contributed by atoms with E-state index in [0.717, 1.165) is 12.8 Å². The van der Waals surface area contributed by atoms with E-state index in [9.17, 15) is 13.2 Å². The fourth-order valence-corrected chi connectivity index (χ4v) is 2.27. The van der Waals surface area contributed by atoms with Crippen LogP contribution in [0.3, 0.4) is 0 Å². The highest BCUT2D eigenvalue weighted by Gasteiger charge is 2.19. The van der Waals surface area contributed by atoms with E-state index < -0.39 is 10.0 Å². The van der Waals surface area contributed by atoms with Crippen molar-refractivity contribution in [2.75, 3.05) is 20.7 Å². The molecule has 0 saturated heterocycles. The predicted octanol–water partition coefficient (Wildman–Crippen LogP) is 1.21. The molecule has 0 aliphatic carbocycles. The quantitative estimate of drug-likeness (QED) is 0.855. The van der Waals surface area contributed by atoms with E-state index in [-0.39, 0.29) is 16.4 Å². The average molecular weight is 300 g/mol. The fraction of sp³-hybridized carbons (Fsp3) is 0.462. The van der Waals surface area contributed by atoms with Crippen LogP contribution in [0.1, 0.15) is 30.1 Å². The summed E-state index contributed by atoms with van der Waals surface area (Å²) in [6.07, 6.45) is 1.84. The van der Waals surface area contributed by atoms with Crippen molar-refractivity contribution < 1.29 is 17.9 Å². The van der Waals surface area contributed by atoms with E-state index in [1.165, 1.54) is 30.2 Å². The molecular weight excluding hydrogens is 280 g/mol. The largest absolute Gasteiger partial charge is 0.496 e. The van der Waals surface area contributed by atoms with E-state index >= 15 is 0 Å². The molecule has 0 aliphatic rings. The lowest BCUT2D eigenvalue weighted by Crippen LogP contribution is -2.28. The fourth-order valence-electron chi connectivity index (χ4n) is 1.73. The lowest BCUT2D eigenvalue weighted by molar-refractivity contribution is 0.0789. The third-order valence-corrected chi connectivity index (χ3v) is 3.83. The van der Waals surface area contributed by atoms with Crippen molar-refractivity contribution in [3.63, 3.8) is 0 Å². The zero-order chi connectivity index (χ0) is 15.3. The number of carbonyl (C=O) groups excluding carboxylic acids is 1. The molecule has 1 aromatic carbocycles. The summed E-state index contributed by atoms with van der Waals surface area (Å²) in [6.45, 7) is 2.62. The molecule has 0 atom stereocenters. The molecule has 1 rings (SSSR count). The van der Waals surface area contributed by atoms with Gasteiger partial charge in [0.2, 0.25) is 10.0 Å². The minimum atomic E-state index is -3.85. The number of sulfonamides is 1. The first-order valence-corrected chi connectivity index (χ1v) is 7.82. The Hall–Kier alpha value is -1.60. The zero-order valence-electron chi connectivity index (χ0n) is 11.9. The number of primary sulfonamides is 1. The normalized spacial score (nSPS) is 11.2. The maximum atomic E-state index is 12.3. The Balaban J connectivity index is 3.17. The first-order chi connectivity index (χ1) is 9.31. The summed E-state index contributed by atoms with van der Waals surface area (Å²) in [7, 11) is -0.760.